The first kappa shape index (κ1) is 14.2. The van der Waals surface area contributed by atoms with Gasteiger partial charge in [-0.3, -0.25) is 4.79 Å². The van der Waals surface area contributed by atoms with Gasteiger partial charge >= 0.3 is 11.9 Å². The van der Waals surface area contributed by atoms with Crippen LogP contribution in [0.25, 0.3) is 0 Å². The molecule has 0 atom stereocenters. The van der Waals surface area contributed by atoms with Crippen molar-refractivity contribution in [3.8, 4) is 0 Å². The number of hydrogen-bond acceptors (Lipinski definition) is 5. The molecule has 0 aromatic carbocycles. The van der Waals surface area contributed by atoms with E-state index in [4.69, 9.17) is 4.74 Å². The number of likely N-dealkylation sites (tertiary alicyclic amines) is 1. The molecule has 1 amide bonds. The summed E-state index contributed by atoms with van der Waals surface area (Å²) in [5.41, 5.74) is 0. The average molecular weight is 255 g/mol. The summed E-state index contributed by atoms with van der Waals surface area (Å²) in [6, 6.07) is 0. The van der Waals surface area contributed by atoms with Crippen LogP contribution in [0.15, 0.2) is 12.2 Å². The minimum atomic E-state index is -0.731. The minimum absolute atomic E-state index is 0.200. The molecule has 1 saturated heterocycles. The van der Waals surface area contributed by atoms with Crippen molar-refractivity contribution in [2.45, 2.75) is 19.3 Å². The lowest BCUT2D eigenvalue weighted by atomic mass is 10.1. The zero-order valence-corrected chi connectivity index (χ0v) is 10.4. The summed E-state index contributed by atoms with van der Waals surface area (Å²) < 4.78 is 9.04. The van der Waals surface area contributed by atoms with Crippen molar-refractivity contribution in [3.05, 3.63) is 12.2 Å². The van der Waals surface area contributed by atoms with Crippen LogP contribution in [0.5, 0.6) is 0 Å². The Morgan fingerprint density at radius 2 is 1.67 bits per heavy atom. The first-order valence-corrected chi connectivity index (χ1v) is 5.84. The van der Waals surface area contributed by atoms with E-state index in [9.17, 15) is 14.4 Å². The molecule has 0 unspecified atom stereocenters. The highest BCUT2D eigenvalue weighted by atomic mass is 16.5. The fourth-order valence-corrected chi connectivity index (χ4v) is 1.62. The lowest BCUT2D eigenvalue weighted by Crippen LogP contribution is -2.38. The Hall–Kier alpha value is -1.85. The largest absolute Gasteiger partial charge is 0.466 e. The summed E-state index contributed by atoms with van der Waals surface area (Å²) in [5, 5.41) is 0. The number of carbonyl (C=O) groups is 3. The van der Waals surface area contributed by atoms with E-state index in [2.05, 4.69) is 4.74 Å². The zero-order valence-electron chi connectivity index (χ0n) is 10.4. The van der Waals surface area contributed by atoms with E-state index >= 15 is 0 Å². The molecule has 1 aliphatic rings. The van der Waals surface area contributed by atoms with Crippen LogP contribution in [0.1, 0.15) is 19.3 Å². The number of methoxy groups -OCH3 is 1. The van der Waals surface area contributed by atoms with Gasteiger partial charge in [-0.25, -0.2) is 9.59 Å². The smallest absolute Gasteiger partial charge is 0.331 e. The van der Waals surface area contributed by atoms with Gasteiger partial charge in [0.15, 0.2) is 6.61 Å². The van der Waals surface area contributed by atoms with E-state index < -0.39 is 11.9 Å². The maximum atomic E-state index is 11.6. The lowest BCUT2D eigenvalue weighted by molar-refractivity contribution is -0.148. The van der Waals surface area contributed by atoms with E-state index in [0.717, 1.165) is 31.4 Å². The quantitative estimate of drug-likeness (QED) is 0.532. The van der Waals surface area contributed by atoms with Crippen molar-refractivity contribution in [2.75, 3.05) is 26.8 Å². The van der Waals surface area contributed by atoms with Crippen LogP contribution in [0.2, 0.25) is 0 Å². The van der Waals surface area contributed by atoms with Gasteiger partial charge < -0.3 is 14.4 Å². The van der Waals surface area contributed by atoms with E-state index in [1.54, 1.807) is 4.90 Å². The van der Waals surface area contributed by atoms with Gasteiger partial charge in [-0.05, 0) is 19.3 Å². The van der Waals surface area contributed by atoms with Crippen molar-refractivity contribution >= 4 is 17.8 Å². The highest BCUT2D eigenvalue weighted by Crippen LogP contribution is 2.08. The van der Waals surface area contributed by atoms with E-state index in [1.165, 1.54) is 7.11 Å². The van der Waals surface area contributed by atoms with Crippen LogP contribution < -0.4 is 0 Å². The monoisotopic (exact) mass is 255 g/mol. The average Bonchev–Trinajstić information content (AvgIpc) is 2.42. The highest BCUT2D eigenvalue weighted by molar-refractivity contribution is 5.92. The topological polar surface area (TPSA) is 72.9 Å². The molecule has 100 valence electrons. The van der Waals surface area contributed by atoms with E-state index in [0.29, 0.717) is 13.1 Å². The van der Waals surface area contributed by atoms with Crippen LogP contribution in [-0.4, -0.2) is 49.6 Å². The lowest BCUT2D eigenvalue weighted by Gasteiger charge is -2.26. The standard InChI is InChI=1S/C12H17NO5/c1-17-11(15)5-6-12(16)18-9-10(14)13-7-3-2-4-8-13/h5-6H,2-4,7-9H2,1H3/b6-5+. The molecule has 0 N–H and O–H groups in total. The first-order chi connectivity index (χ1) is 8.63. The Balaban J connectivity index is 2.27. The summed E-state index contributed by atoms with van der Waals surface area (Å²) in [4.78, 5) is 35.2. The molecule has 0 aliphatic carbocycles. The molecule has 0 bridgehead atoms. The Morgan fingerprint density at radius 1 is 1.06 bits per heavy atom. The zero-order chi connectivity index (χ0) is 13.4. The molecule has 6 heteroatoms. The maximum absolute atomic E-state index is 11.6. The van der Waals surface area contributed by atoms with Gasteiger partial charge in [0.25, 0.3) is 5.91 Å². The Labute approximate surface area is 106 Å². The second-order valence-electron chi connectivity index (χ2n) is 3.91. The number of carbonyl (C=O) groups excluding carboxylic acids is 3. The van der Waals surface area contributed by atoms with Gasteiger partial charge in [-0.1, -0.05) is 0 Å². The number of piperidine rings is 1. The van der Waals surface area contributed by atoms with Crippen molar-refractivity contribution in [1.82, 2.24) is 4.90 Å². The first-order valence-electron chi connectivity index (χ1n) is 5.84. The van der Waals surface area contributed by atoms with Crippen molar-refractivity contribution in [1.29, 1.82) is 0 Å². The molecule has 1 aliphatic heterocycles. The van der Waals surface area contributed by atoms with Crippen molar-refractivity contribution in [2.24, 2.45) is 0 Å². The van der Waals surface area contributed by atoms with Gasteiger partial charge in [0.1, 0.15) is 0 Å². The molecular weight excluding hydrogens is 238 g/mol. The summed E-state index contributed by atoms with van der Waals surface area (Å²) in [5.74, 6) is -1.57. The van der Waals surface area contributed by atoms with Crippen LogP contribution in [0.3, 0.4) is 0 Å². The number of nitrogens with zero attached hydrogens (tertiary/aromatic N) is 1. The molecule has 1 rings (SSSR count). The Kier molecular flexibility index (Phi) is 5.90. The highest BCUT2D eigenvalue weighted by Gasteiger charge is 2.17. The molecule has 0 aromatic rings. The van der Waals surface area contributed by atoms with Gasteiger partial charge in [-0.2, -0.15) is 0 Å². The van der Waals surface area contributed by atoms with Crippen molar-refractivity contribution < 1.29 is 23.9 Å². The summed E-state index contributed by atoms with van der Waals surface area (Å²) in [7, 11) is 1.21. The third-order valence-corrected chi connectivity index (χ3v) is 2.60. The normalized spacial score (nSPS) is 15.5. The van der Waals surface area contributed by atoms with Crippen LogP contribution in [0, 0.1) is 0 Å². The maximum Gasteiger partial charge on any atom is 0.331 e. The fourth-order valence-electron chi connectivity index (χ4n) is 1.62. The molecule has 1 heterocycles. The van der Waals surface area contributed by atoms with Crippen LogP contribution >= 0.6 is 0 Å². The molecule has 6 nitrogen and oxygen atoms in total. The molecule has 1 fully saturated rings. The van der Waals surface area contributed by atoms with Gasteiger partial charge in [0.2, 0.25) is 0 Å². The Morgan fingerprint density at radius 3 is 2.28 bits per heavy atom. The SMILES string of the molecule is COC(=O)/C=C/C(=O)OCC(=O)N1CCCCC1. The number of rotatable bonds is 4. The molecule has 0 saturated carbocycles. The summed E-state index contributed by atoms with van der Waals surface area (Å²) in [6.07, 6.45) is 5.00. The molecule has 18 heavy (non-hydrogen) atoms. The van der Waals surface area contributed by atoms with E-state index in [1.807, 2.05) is 0 Å². The fraction of sp³-hybridized carbons (Fsp3) is 0.583. The van der Waals surface area contributed by atoms with Gasteiger partial charge in [0, 0.05) is 25.2 Å². The number of hydrogen-bond donors (Lipinski definition) is 0. The third kappa shape index (κ3) is 4.99. The van der Waals surface area contributed by atoms with Crippen LogP contribution in [-0.2, 0) is 23.9 Å². The second-order valence-corrected chi connectivity index (χ2v) is 3.91. The van der Waals surface area contributed by atoms with Crippen LogP contribution in [0.4, 0.5) is 0 Å². The second kappa shape index (κ2) is 7.47. The molecular formula is C12H17NO5. The number of amides is 1. The third-order valence-electron chi connectivity index (χ3n) is 2.60. The summed E-state index contributed by atoms with van der Waals surface area (Å²) in [6.45, 7) is 1.15. The van der Waals surface area contributed by atoms with Crippen molar-refractivity contribution in [3.63, 3.8) is 0 Å². The predicted octanol–water partition coefficient (Wildman–Crippen LogP) is 0.271. The van der Waals surface area contributed by atoms with Gasteiger partial charge in [0.05, 0.1) is 7.11 Å². The predicted molar refractivity (Wildman–Crippen MR) is 62.5 cm³/mol. The number of esters is 2. The molecule has 0 radical (unpaired) electrons. The molecule has 0 aromatic heterocycles. The van der Waals surface area contributed by atoms with E-state index in [-0.39, 0.29) is 12.5 Å². The Bertz CT molecular complexity index is 344. The minimum Gasteiger partial charge on any atom is -0.466 e. The number of ether oxygens (including phenoxy) is 2. The summed E-state index contributed by atoms with van der Waals surface area (Å²) >= 11 is 0. The molecule has 0 spiro atoms. The van der Waals surface area contributed by atoms with Gasteiger partial charge in [-0.15, -0.1) is 0 Å².